The maximum absolute atomic E-state index is 10.7. The molecule has 2 heteroatoms. The van der Waals surface area contributed by atoms with Crippen LogP contribution < -0.4 is 0 Å². The summed E-state index contributed by atoms with van der Waals surface area (Å²) in [4.78, 5) is 3.27. The Bertz CT molecular complexity index is 28.7. The van der Waals surface area contributed by atoms with Crippen LogP contribution in [-0.4, -0.2) is 6.61 Å². The van der Waals surface area contributed by atoms with E-state index < -0.39 is 0 Å². The Hall–Kier alpha value is -0.110. The molecule has 0 aliphatic heterocycles. The summed E-state index contributed by atoms with van der Waals surface area (Å²) in [5.41, 5.74) is 0. The van der Waals surface area contributed by atoms with Crippen LogP contribution in [0, 0.1) is 5.92 Å². The lowest BCUT2D eigenvalue weighted by atomic mass is 10.2. The Labute approximate surface area is 37.0 Å². The Morgan fingerprint density at radius 1 is 1.67 bits per heavy atom. The molecule has 0 bridgehead atoms. The summed E-state index contributed by atoms with van der Waals surface area (Å²) in [7, 11) is 0. The van der Waals surface area contributed by atoms with Gasteiger partial charge in [-0.2, -0.15) is 4.94 Å². The van der Waals surface area contributed by atoms with Gasteiger partial charge in [0.1, 0.15) is 0 Å². The Kier molecular flexibility index (Phi) is 3.04. The van der Waals surface area contributed by atoms with Gasteiger partial charge >= 0.3 is 0 Å². The first-order chi connectivity index (χ1) is 2.77. The van der Waals surface area contributed by atoms with Gasteiger partial charge in [-0.25, -0.2) is 0 Å². The summed E-state index contributed by atoms with van der Waals surface area (Å²) in [5.74, 6) is 0.942. The van der Waals surface area contributed by atoms with E-state index in [1.54, 1.807) is 13.8 Å². The van der Waals surface area contributed by atoms with Crippen molar-refractivity contribution in [2.24, 2.45) is 0 Å². The number of hydrogen-bond donors (Lipinski definition) is 0. The fraction of sp³-hybridized carbons (Fsp3) is 0.750. The van der Waals surface area contributed by atoms with Crippen LogP contribution >= 0.6 is 0 Å². The molecule has 0 unspecified atom stereocenters. The molecule has 1 nitrogen and oxygen atoms in total. The van der Waals surface area contributed by atoms with E-state index in [4.69, 9.17) is 0 Å². The maximum atomic E-state index is 10.7. The lowest BCUT2D eigenvalue weighted by molar-refractivity contribution is -0.126. The Morgan fingerprint density at radius 3 is 2.17 bits per heavy atom. The molecule has 37 valence electrons. The van der Waals surface area contributed by atoms with E-state index in [1.807, 2.05) is 0 Å². The topological polar surface area (TPSA) is 9.23 Å². The molecule has 0 aliphatic carbocycles. The average molecular weight is 91.1 g/mol. The summed E-state index contributed by atoms with van der Waals surface area (Å²) in [5, 5.41) is 0. The third kappa shape index (κ3) is 3.89. The van der Waals surface area contributed by atoms with Gasteiger partial charge < -0.3 is 0 Å². The summed E-state index contributed by atoms with van der Waals surface area (Å²) in [6.45, 7) is 3.74. The molecular formula is C4H8FO. The van der Waals surface area contributed by atoms with Crippen molar-refractivity contribution in [3.63, 3.8) is 0 Å². The van der Waals surface area contributed by atoms with Crippen LogP contribution in [0.5, 0.6) is 0 Å². The molecule has 0 fully saturated rings. The molecule has 0 spiro atoms. The van der Waals surface area contributed by atoms with E-state index in [0.717, 1.165) is 5.92 Å². The molecule has 0 heterocycles. The zero-order chi connectivity index (χ0) is 4.99. The molecule has 1 radical (unpaired) electrons. The predicted octanol–water partition coefficient (Wildman–Crippen LogP) is 1.50. The molecule has 0 aromatic rings. The molecule has 0 rings (SSSR count). The van der Waals surface area contributed by atoms with Crippen LogP contribution in [0.1, 0.15) is 13.8 Å². The molecule has 0 aliphatic rings. The first-order valence-corrected chi connectivity index (χ1v) is 1.80. The molecule has 6 heavy (non-hydrogen) atoms. The van der Waals surface area contributed by atoms with Gasteiger partial charge in [0.2, 0.25) is 0 Å². The van der Waals surface area contributed by atoms with Crippen molar-refractivity contribution in [2.45, 2.75) is 13.8 Å². The number of halogens is 1. The summed E-state index contributed by atoms with van der Waals surface area (Å²) < 4.78 is 10.7. The Morgan fingerprint density at radius 2 is 2.17 bits per heavy atom. The van der Waals surface area contributed by atoms with Gasteiger partial charge in [0.05, 0.1) is 6.61 Å². The second kappa shape index (κ2) is 3.09. The minimum atomic E-state index is 0.125. The van der Waals surface area contributed by atoms with Gasteiger partial charge in [-0.1, -0.05) is 13.8 Å². The van der Waals surface area contributed by atoms with Crippen molar-refractivity contribution in [2.75, 3.05) is 6.61 Å². The first kappa shape index (κ1) is 5.89. The third-order valence-corrected chi connectivity index (χ3v) is 0.343. The quantitative estimate of drug-likeness (QED) is 0.500. The highest BCUT2D eigenvalue weighted by Crippen LogP contribution is 1.93. The summed E-state index contributed by atoms with van der Waals surface area (Å²) in [6.07, 6.45) is 0. The highest BCUT2D eigenvalue weighted by Gasteiger charge is 1.89. The number of rotatable bonds is 2. The largest absolute Gasteiger partial charge is 0.194 e. The highest BCUT2D eigenvalue weighted by molar-refractivity contribution is 4.73. The van der Waals surface area contributed by atoms with Crippen LogP contribution in [0.25, 0.3) is 0 Å². The predicted molar refractivity (Wildman–Crippen MR) is 21.7 cm³/mol. The molecule has 0 aromatic carbocycles. The van der Waals surface area contributed by atoms with Crippen molar-refractivity contribution in [3.8, 4) is 0 Å². The molecule has 0 saturated heterocycles. The molecule has 0 aromatic heterocycles. The fourth-order valence-corrected chi connectivity index (χ4v) is 0.109. The highest BCUT2D eigenvalue weighted by atomic mass is 19.3. The van der Waals surface area contributed by atoms with Gasteiger partial charge in [-0.15, -0.1) is 0 Å². The van der Waals surface area contributed by atoms with Gasteiger partial charge in [-0.05, 0) is 10.4 Å². The average Bonchev–Trinajstić information content (AvgIpc) is 1.35. The second-order valence-corrected chi connectivity index (χ2v) is 1.46. The summed E-state index contributed by atoms with van der Waals surface area (Å²) in [6, 6.07) is 0. The number of hydrogen-bond acceptors (Lipinski definition) is 1. The monoisotopic (exact) mass is 91.1 g/mol. The van der Waals surface area contributed by atoms with Crippen LogP contribution in [0.2, 0.25) is 0 Å². The smallest absolute Gasteiger partial charge is 0.0933 e. The third-order valence-electron chi connectivity index (χ3n) is 0.343. The first-order valence-electron chi connectivity index (χ1n) is 1.80. The minimum Gasteiger partial charge on any atom is -0.194 e. The van der Waals surface area contributed by atoms with Crippen LogP contribution in [0.4, 0.5) is 4.53 Å². The van der Waals surface area contributed by atoms with E-state index in [-0.39, 0.29) is 6.61 Å². The van der Waals surface area contributed by atoms with E-state index >= 15 is 0 Å². The second-order valence-electron chi connectivity index (χ2n) is 1.46. The molecular weight excluding hydrogens is 83.0 g/mol. The van der Waals surface area contributed by atoms with Crippen molar-refractivity contribution < 1.29 is 9.47 Å². The lowest BCUT2D eigenvalue weighted by Crippen LogP contribution is -1.90. The fourth-order valence-electron chi connectivity index (χ4n) is 0.109. The van der Waals surface area contributed by atoms with Gasteiger partial charge in [-0.3, -0.25) is 0 Å². The van der Waals surface area contributed by atoms with Crippen LogP contribution in [-0.2, 0) is 4.94 Å². The Balaban J connectivity index is 2.63. The van der Waals surface area contributed by atoms with Crippen molar-refractivity contribution in [1.82, 2.24) is 0 Å². The van der Waals surface area contributed by atoms with Gasteiger partial charge in [0, 0.05) is 0 Å². The van der Waals surface area contributed by atoms with E-state index in [0.29, 0.717) is 0 Å². The minimum absolute atomic E-state index is 0.125. The lowest BCUT2D eigenvalue weighted by Gasteiger charge is -1.92. The van der Waals surface area contributed by atoms with Crippen molar-refractivity contribution >= 4 is 0 Å². The zero-order valence-electron chi connectivity index (χ0n) is 3.99. The van der Waals surface area contributed by atoms with Crippen LogP contribution in [0.3, 0.4) is 0 Å². The molecule has 0 N–H and O–H groups in total. The molecule has 0 atom stereocenters. The van der Waals surface area contributed by atoms with E-state index in [2.05, 4.69) is 4.94 Å². The van der Waals surface area contributed by atoms with Gasteiger partial charge in [0.15, 0.2) is 0 Å². The van der Waals surface area contributed by atoms with Gasteiger partial charge in [0.25, 0.3) is 0 Å². The van der Waals surface area contributed by atoms with E-state index in [1.165, 1.54) is 0 Å². The zero-order valence-corrected chi connectivity index (χ0v) is 3.99. The standard InChI is InChI=1S/C4H8FO/c1-4(2)3-6-5/h3H2,1-2H3. The normalized spacial score (nSPS) is 10.0. The van der Waals surface area contributed by atoms with Crippen LogP contribution in [0.15, 0.2) is 0 Å². The van der Waals surface area contributed by atoms with E-state index in [9.17, 15) is 4.53 Å². The van der Waals surface area contributed by atoms with Crippen molar-refractivity contribution in [1.29, 1.82) is 0 Å². The molecule has 0 amide bonds. The van der Waals surface area contributed by atoms with Crippen molar-refractivity contribution in [3.05, 3.63) is 5.92 Å². The summed E-state index contributed by atoms with van der Waals surface area (Å²) >= 11 is 0. The maximum Gasteiger partial charge on any atom is 0.0933 e. The SMILES string of the molecule is C[C](C)COF. The molecule has 0 saturated carbocycles.